The van der Waals surface area contributed by atoms with Crippen LogP contribution >= 0.6 is 0 Å². The average Bonchev–Trinajstić information content (AvgIpc) is 3.21. The lowest BCUT2D eigenvalue weighted by Gasteiger charge is -2.33. The van der Waals surface area contributed by atoms with Gasteiger partial charge in [-0.05, 0) is 36.4 Å². The average molecular weight is 493 g/mol. The highest BCUT2D eigenvalue weighted by Crippen LogP contribution is 2.24. The number of ether oxygens (including phenoxy) is 1. The number of hydrogen-bond donors (Lipinski definition) is 0. The quantitative estimate of drug-likeness (QED) is 0.491. The highest BCUT2D eigenvalue weighted by atomic mass is 32.2. The second-order valence-corrected chi connectivity index (χ2v) is 9.61. The first kappa shape index (κ1) is 23.8. The fraction of sp³-hybridized carbons (Fsp3) is 0.318. The molecule has 1 fully saturated rings. The number of halogens is 2. The lowest BCUT2D eigenvalue weighted by molar-refractivity contribution is -0.129. The molecule has 1 aromatic heterocycles. The third-order valence-corrected chi connectivity index (χ3v) is 7.52. The molecule has 1 aliphatic rings. The highest BCUT2D eigenvalue weighted by molar-refractivity contribution is 7.89. The molecule has 0 N–H and O–H groups in total. The van der Waals surface area contributed by atoms with Gasteiger partial charge in [-0.3, -0.25) is 9.36 Å². The minimum absolute atomic E-state index is 0.000169. The number of esters is 1. The zero-order valence-corrected chi connectivity index (χ0v) is 19.0. The summed E-state index contributed by atoms with van der Waals surface area (Å²) in [7, 11) is -3.79. The van der Waals surface area contributed by atoms with Crippen molar-refractivity contribution < 1.29 is 31.5 Å². The van der Waals surface area contributed by atoms with Crippen LogP contribution in [-0.4, -0.2) is 65.2 Å². The number of rotatable bonds is 6. The summed E-state index contributed by atoms with van der Waals surface area (Å²) in [5, 5.41) is 0. The highest BCUT2D eigenvalue weighted by Gasteiger charge is 2.29. The summed E-state index contributed by atoms with van der Waals surface area (Å²) in [6.07, 6.45) is 0. The van der Waals surface area contributed by atoms with Gasteiger partial charge in [0.1, 0.15) is 6.61 Å². The summed E-state index contributed by atoms with van der Waals surface area (Å²) in [5.74, 6) is -1.01. The Morgan fingerprint density at radius 1 is 1.03 bits per heavy atom. The van der Waals surface area contributed by atoms with E-state index in [0.29, 0.717) is 23.2 Å². The van der Waals surface area contributed by atoms with Crippen LogP contribution in [0.3, 0.4) is 0 Å². The van der Waals surface area contributed by atoms with Crippen LogP contribution in [0.15, 0.2) is 53.4 Å². The molecule has 34 heavy (non-hydrogen) atoms. The van der Waals surface area contributed by atoms with E-state index in [1.54, 1.807) is 23.1 Å². The Hall–Kier alpha value is -3.38. The van der Waals surface area contributed by atoms with E-state index in [9.17, 15) is 26.8 Å². The van der Waals surface area contributed by atoms with E-state index in [2.05, 4.69) is 4.98 Å². The van der Waals surface area contributed by atoms with Crippen LogP contribution < -0.4 is 0 Å². The van der Waals surface area contributed by atoms with Gasteiger partial charge in [0, 0.05) is 33.1 Å². The molecular formula is C22H22F2N4O5S. The maximum absolute atomic E-state index is 13.5. The van der Waals surface area contributed by atoms with Crippen LogP contribution in [0, 0.1) is 0 Å². The third kappa shape index (κ3) is 4.64. The molecule has 0 bridgehead atoms. The Labute approximate surface area is 194 Å². The molecule has 9 nitrogen and oxygen atoms in total. The maximum atomic E-state index is 13.5. The van der Waals surface area contributed by atoms with Gasteiger partial charge >= 0.3 is 12.5 Å². The number of alkyl halides is 2. The van der Waals surface area contributed by atoms with Crippen molar-refractivity contribution in [1.82, 2.24) is 18.8 Å². The molecule has 0 radical (unpaired) electrons. The van der Waals surface area contributed by atoms with Crippen molar-refractivity contribution in [1.29, 1.82) is 0 Å². The molecule has 1 saturated heterocycles. The summed E-state index contributed by atoms with van der Waals surface area (Å²) < 4.78 is 59.9. The number of amides is 1. The molecule has 0 aliphatic carbocycles. The molecule has 180 valence electrons. The van der Waals surface area contributed by atoms with E-state index in [1.165, 1.54) is 41.6 Å². The molecule has 12 heteroatoms. The zero-order chi connectivity index (χ0) is 24.5. The lowest BCUT2D eigenvalue weighted by atomic mass is 10.2. The fourth-order valence-corrected chi connectivity index (χ4v) is 5.20. The van der Waals surface area contributed by atoms with Crippen LogP contribution in [0.5, 0.6) is 0 Å². The number of piperazine rings is 1. The van der Waals surface area contributed by atoms with Crippen LogP contribution in [0.4, 0.5) is 8.78 Å². The minimum atomic E-state index is -3.79. The molecule has 0 unspecified atom stereocenters. The first-order valence-corrected chi connectivity index (χ1v) is 11.9. The third-order valence-electron chi connectivity index (χ3n) is 5.61. The molecule has 4 rings (SSSR count). The first-order chi connectivity index (χ1) is 16.2. The summed E-state index contributed by atoms with van der Waals surface area (Å²) in [6.45, 7) is -0.926. The standard InChI is InChI=1S/C22H22F2N4O5S/c1-15(29)26-10-12-27(13-11-26)34(31,32)17-8-6-16(7-9-17)21(30)33-14-20-25-18-4-2-3-5-19(18)28(20)22(23)24/h2-9,22H,10-14H2,1H3. The number of imidazole rings is 1. The number of carbonyl (C=O) groups excluding carboxylic acids is 2. The summed E-state index contributed by atoms with van der Waals surface area (Å²) in [5.41, 5.74) is 0.648. The van der Waals surface area contributed by atoms with Crippen molar-refractivity contribution in [3.63, 3.8) is 0 Å². The fourth-order valence-electron chi connectivity index (χ4n) is 3.78. The second-order valence-electron chi connectivity index (χ2n) is 7.68. The molecule has 0 spiro atoms. The predicted octanol–water partition coefficient (Wildman–Crippen LogP) is 2.64. The maximum Gasteiger partial charge on any atom is 0.338 e. The number of benzene rings is 2. The molecule has 2 heterocycles. The smallest absolute Gasteiger partial charge is 0.338 e. The van der Waals surface area contributed by atoms with E-state index >= 15 is 0 Å². The van der Waals surface area contributed by atoms with Crippen molar-refractivity contribution >= 4 is 32.9 Å². The van der Waals surface area contributed by atoms with Crippen molar-refractivity contribution in [2.75, 3.05) is 26.2 Å². The van der Waals surface area contributed by atoms with Crippen molar-refractivity contribution in [2.45, 2.75) is 25.0 Å². The molecular weight excluding hydrogens is 470 g/mol. The van der Waals surface area contributed by atoms with Crippen molar-refractivity contribution in [3.05, 3.63) is 59.9 Å². The van der Waals surface area contributed by atoms with Gasteiger partial charge in [0.05, 0.1) is 21.5 Å². The largest absolute Gasteiger partial charge is 0.454 e. The Balaban J connectivity index is 1.43. The molecule has 0 atom stereocenters. The topological polar surface area (TPSA) is 102 Å². The van der Waals surface area contributed by atoms with Gasteiger partial charge in [0.25, 0.3) is 0 Å². The van der Waals surface area contributed by atoms with Crippen LogP contribution in [0.25, 0.3) is 11.0 Å². The molecule has 2 aromatic carbocycles. The summed E-state index contributed by atoms with van der Waals surface area (Å²) in [4.78, 5) is 29.6. The first-order valence-electron chi connectivity index (χ1n) is 10.5. The Morgan fingerprint density at radius 3 is 2.29 bits per heavy atom. The lowest BCUT2D eigenvalue weighted by Crippen LogP contribution is -2.49. The second kappa shape index (κ2) is 9.47. The number of nitrogens with zero attached hydrogens (tertiary/aromatic N) is 4. The Kier molecular flexibility index (Phi) is 6.62. The van der Waals surface area contributed by atoms with Gasteiger partial charge in [0.2, 0.25) is 15.9 Å². The normalized spacial score (nSPS) is 15.1. The van der Waals surface area contributed by atoms with Gasteiger partial charge in [-0.15, -0.1) is 0 Å². The predicted molar refractivity (Wildman–Crippen MR) is 118 cm³/mol. The zero-order valence-electron chi connectivity index (χ0n) is 18.2. The van der Waals surface area contributed by atoms with Crippen molar-refractivity contribution in [2.24, 2.45) is 0 Å². The number of para-hydroxylation sites is 2. The van der Waals surface area contributed by atoms with E-state index in [-0.39, 0.29) is 40.8 Å². The van der Waals surface area contributed by atoms with Crippen LogP contribution in [0.2, 0.25) is 0 Å². The van der Waals surface area contributed by atoms with E-state index in [4.69, 9.17) is 4.74 Å². The van der Waals surface area contributed by atoms with Gasteiger partial charge in [-0.1, -0.05) is 12.1 Å². The number of aromatic nitrogens is 2. The van der Waals surface area contributed by atoms with Gasteiger partial charge < -0.3 is 9.64 Å². The van der Waals surface area contributed by atoms with Gasteiger partial charge in [-0.2, -0.15) is 13.1 Å². The van der Waals surface area contributed by atoms with E-state index in [0.717, 1.165) is 0 Å². The van der Waals surface area contributed by atoms with E-state index < -0.39 is 29.1 Å². The number of hydrogen-bond acceptors (Lipinski definition) is 6. The molecule has 1 aliphatic heterocycles. The summed E-state index contributed by atoms with van der Waals surface area (Å²) in [6, 6.07) is 11.5. The Morgan fingerprint density at radius 2 is 1.68 bits per heavy atom. The van der Waals surface area contributed by atoms with Crippen LogP contribution in [-0.2, 0) is 26.2 Å². The Bertz CT molecular complexity index is 1320. The van der Waals surface area contributed by atoms with Gasteiger partial charge in [0.15, 0.2) is 5.82 Å². The molecule has 3 aromatic rings. The van der Waals surface area contributed by atoms with E-state index in [1.807, 2.05) is 0 Å². The number of fused-ring (bicyclic) bond motifs is 1. The number of carbonyl (C=O) groups is 2. The monoisotopic (exact) mass is 492 g/mol. The minimum Gasteiger partial charge on any atom is -0.454 e. The number of sulfonamides is 1. The van der Waals surface area contributed by atoms with Crippen LogP contribution in [0.1, 0.15) is 29.7 Å². The SMILES string of the molecule is CC(=O)N1CCN(S(=O)(=O)c2ccc(C(=O)OCc3nc4ccccc4n3C(F)F)cc2)CC1. The molecule has 1 amide bonds. The van der Waals surface area contributed by atoms with Crippen molar-refractivity contribution in [3.8, 4) is 0 Å². The molecule has 0 saturated carbocycles. The van der Waals surface area contributed by atoms with Gasteiger partial charge in [-0.25, -0.2) is 18.2 Å². The summed E-state index contributed by atoms with van der Waals surface area (Å²) >= 11 is 0.